The molecule has 2 aromatic carbocycles. The van der Waals surface area contributed by atoms with Crippen LogP contribution in [-0.2, 0) is 14.8 Å². The maximum atomic E-state index is 14.9. The highest BCUT2D eigenvalue weighted by Crippen LogP contribution is 2.23. The zero-order chi connectivity index (χ0) is 29.1. The zero-order valence-electron chi connectivity index (χ0n) is 22.7. The summed E-state index contributed by atoms with van der Waals surface area (Å²) in [5.74, 6) is -2.25. The van der Waals surface area contributed by atoms with Crippen molar-refractivity contribution < 1.29 is 27.5 Å². The maximum Gasteiger partial charge on any atom is 0.323 e. The molecule has 0 bridgehead atoms. The number of carboxylic acids is 1. The highest BCUT2D eigenvalue weighted by molar-refractivity contribution is 7.89. The number of amides is 1. The van der Waals surface area contributed by atoms with Crippen LogP contribution in [0.1, 0.15) is 43.5 Å². The quantitative estimate of drug-likeness (QED) is 0.304. The molecule has 0 radical (unpaired) electrons. The number of carbonyl (C=O) groups excluding carboxylic acids is 1. The summed E-state index contributed by atoms with van der Waals surface area (Å²) in [5, 5.41) is 18.4. The third-order valence-electron chi connectivity index (χ3n) is 6.41. The average molecular weight is 577 g/mol. The Kier molecular flexibility index (Phi) is 11.3. The normalized spacial score (nSPS) is 16.5. The molecule has 40 heavy (non-hydrogen) atoms. The Morgan fingerprint density at radius 3 is 2.45 bits per heavy atom. The molecule has 2 heterocycles. The lowest BCUT2D eigenvalue weighted by Crippen LogP contribution is -2.50. The van der Waals surface area contributed by atoms with E-state index in [2.05, 4.69) is 25.7 Å². The number of guanidine groups is 1. The lowest BCUT2D eigenvalue weighted by molar-refractivity contribution is -0.138. The molecule has 13 heteroatoms. The number of nitrogens with zero attached hydrogens (tertiary/aromatic N) is 2. The first-order valence-corrected chi connectivity index (χ1v) is 14.9. The number of hydrogen-bond acceptors (Lipinski definition) is 8. The first-order valence-electron chi connectivity index (χ1n) is 13.4. The van der Waals surface area contributed by atoms with Gasteiger partial charge in [0, 0.05) is 44.5 Å². The number of nitrogens with one attached hydrogen (secondary N) is 4. The van der Waals surface area contributed by atoms with E-state index in [1.807, 2.05) is 18.7 Å². The molecule has 2 aliphatic rings. The number of hydrogen-bond donors (Lipinski definition) is 5. The Morgan fingerprint density at radius 1 is 1.15 bits per heavy atom. The summed E-state index contributed by atoms with van der Waals surface area (Å²) >= 11 is 0. The van der Waals surface area contributed by atoms with Crippen molar-refractivity contribution in [3.05, 3.63) is 59.9 Å². The lowest BCUT2D eigenvalue weighted by atomic mass is 10.0. The van der Waals surface area contributed by atoms with Crippen molar-refractivity contribution in [3.63, 3.8) is 0 Å². The summed E-state index contributed by atoms with van der Waals surface area (Å²) in [6, 6.07) is 10.2. The van der Waals surface area contributed by atoms with Gasteiger partial charge in [0.25, 0.3) is 5.91 Å². The Morgan fingerprint density at radius 2 is 1.85 bits per heavy atom. The van der Waals surface area contributed by atoms with Crippen LogP contribution in [0.4, 0.5) is 10.1 Å². The van der Waals surface area contributed by atoms with E-state index < -0.39 is 40.3 Å². The third kappa shape index (κ3) is 8.39. The van der Waals surface area contributed by atoms with Gasteiger partial charge in [0.05, 0.1) is 10.5 Å². The van der Waals surface area contributed by atoms with Gasteiger partial charge < -0.3 is 26.0 Å². The number of anilines is 1. The lowest BCUT2D eigenvalue weighted by Gasteiger charge is -2.35. The predicted molar refractivity (Wildman–Crippen MR) is 152 cm³/mol. The van der Waals surface area contributed by atoms with Crippen LogP contribution < -0.4 is 25.6 Å². The van der Waals surface area contributed by atoms with Crippen molar-refractivity contribution in [2.45, 2.75) is 50.1 Å². The minimum Gasteiger partial charge on any atom is -0.480 e. The van der Waals surface area contributed by atoms with Gasteiger partial charge >= 0.3 is 5.97 Å². The van der Waals surface area contributed by atoms with Crippen LogP contribution in [0.3, 0.4) is 0 Å². The van der Waals surface area contributed by atoms with Crippen LogP contribution in [0.5, 0.6) is 0 Å². The molecule has 4 rings (SSSR count). The molecule has 218 valence electrons. The molecule has 5 N–H and O–H groups in total. The number of carbonyl (C=O) groups is 2. The van der Waals surface area contributed by atoms with Crippen molar-refractivity contribution >= 4 is 33.5 Å². The largest absolute Gasteiger partial charge is 0.480 e. The van der Waals surface area contributed by atoms with Crippen LogP contribution in [0.15, 0.2) is 58.4 Å². The first-order chi connectivity index (χ1) is 19.2. The molecule has 1 amide bonds. The van der Waals surface area contributed by atoms with Crippen molar-refractivity contribution in [2.75, 3.05) is 37.6 Å². The number of aliphatic imine (C=N–C) groups is 1. The fourth-order valence-corrected chi connectivity index (χ4v) is 5.52. The molecule has 0 spiro atoms. The van der Waals surface area contributed by atoms with E-state index in [1.165, 1.54) is 36.4 Å². The van der Waals surface area contributed by atoms with Crippen LogP contribution in [0.2, 0.25) is 0 Å². The summed E-state index contributed by atoms with van der Waals surface area (Å²) in [7, 11) is -4.13. The summed E-state index contributed by atoms with van der Waals surface area (Å²) < 4.78 is 41.8. The smallest absolute Gasteiger partial charge is 0.323 e. The molecule has 2 aliphatic heterocycles. The van der Waals surface area contributed by atoms with E-state index >= 15 is 0 Å². The standard InChI is InChI=1S/C25H31FN6O5S.C2H6/c26-21-15-18(32-13-9-17(10-14-32)30-25-27-11-4-12-28-25)7-8-20(21)23(33)29-16-22(24(34)35)31-38(36,37)19-5-2-1-3-6-19;1-2/h1-3,5-8,15,17,22,31H,4,9-14,16H2,(H,29,33)(H,34,35)(H2,27,28,30);1-2H3. The van der Waals surface area contributed by atoms with Crippen LogP contribution >= 0.6 is 0 Å². The maximum absolute atomic E-state index is 14.9. The Bertz CT molecular complexity index is 1280. The van der Waals surface area contributed by atoms with Gasteiger partial charge in [0.1, 0.15) is 11.9 Å². The SMILES string of the molecule is CC.O=C(NCC(NS(=O)(=O)c1ccccc1)C(=O)O)c1ccc(N2CCC(NC3=NCCCN3)CC2)cc1F. The van der Waals surface area contributed by atoms with E-state index in [4.69, 9.17) is 0 Å². The van der Waals surface area contributed by atoms with E-state index in [-0.39, 0.29) is 16.5 Å². The molecule has 0 aromatic heterocycles. The summed E-state index contributed by atoms with van der Waals surface area (Å²) in [4.78, 5) is 30.6. The highest BCUT2D eigenvalue weighted by atomic mass is 32.2. The average Bonchev–Trinajstić information content (AvgIpc) is 2.97. The van der Waals surface area contributed by atoms with Crippen LogP contribution in [0.25, 0.3) is 0 Å². The molecule has 11 nitrogen and oxygen atoms in total. The molecule has 0 saturated carbocycles. The van der Waals surface area contributed by atoms with E-state index in [9.17, 15) is 27.5 Å². The molecular weight excluding hydrogens is 539 g/mol. The van der Waals surface area contributed by atoms with Gasteiger partial charge in [-0.05, 0) is 49.6 Å². The molecule has 2 aromatic rings. The Labute approximate surface area is 234 Å². The number of benzene rings is 2. The number of carboxylic acid groups (broad SMARTS) is 1. The third-order valence-corrected chi connectivity index (χ3v) is 7.90. The molecule has 1 atom stereocenters. The molecular formula is C27H37FN6O5S. The Hall–Kier alpha value is -3.71. The zero-order valence-corrected chi connectivity index (χ0v) is 23.5. The van der Waals surface area contributed by atoms with Gasteiger partial charge in [-0.2, -0.15) is 4.72 Å². The number of piperidine rings is 1. The molecule has 0 aliphatic carbocycles. The number of rotatable bonds is 9. The fraction of sp³-hybridized carbons (Fsp3) is 0.444. The molecule has 1 saturated heterocycles. The van der Waals surface area contributed by atoms with Gasteiger partial charge in [0.2, 0.25) is 10.0 Å². The summed E-state index contributed by atoms with van der Waals surface area (Å²) in [6.07, 6.45) is 2.72. The second kappa shape index (κ2) is 14.6. The monoisotopic (exact) mass is 576 g/mol. The molecule has 1 fully saturated rings. The topological polar surface area (TPSA) is 152 Å². The number of halogens is 1. The number of sulfonamides is 1. The minimum atomic E-state index is -4.13. The van der Waals surface area contributed by atoms with Crippen LogP contribution in [0, 0.1) is 5.82 Å². The fourth-order valence-electron chi connectivity index (χ4n) is 4.31. The second-order valence-corrected chi connectivity index (χ2v) is 10.8. The van der Waals surface area contributed by atoms with Crippen LogP contribution in [-0.4, -0.2) is 76.2 Å². The van der Waals surface area contributed by atoms with E-state index in [0.29, 0.717) is 18.8 Å². The van der Waals surface area contributed by atoms with Crippen molar-refractivity contribution in [3.8, 4) is 0 Å². The summed E-state index contributed by atoms with van der Waals surface area (Å²) in [6.45, 7) is 6.56. The van der Waals surface area contributed by atoms with Gasteiger partial charge in [-0.1, -0.05) is 32.0 Å². The van der Waals surface area contributed by atoms with Gasteiger partial charge in [-0.15, -0.1) is 0 Å². The van der Waals surface area contributed by atoms with E-state index in [0.717, 1.165) is 38.3 Å². The van der Waals surface area contributed by atoms with E-state index in [1.54, 1.807) is 12.1 Å². The minimum absolute atomic E-state index is 0.113. The second-order valence-electron chi connectivity index (χ2n) is 9.12. The Balaban J connectivity index is 0.00000216. The van der Waals surface area contributed by atoms with Crippen molar-refractivity contribution in [1.29, 1.82) is 0 Å². The van der Waals surface area contributed by atoms with Gasteiger partial charge in [0.15, 0.2) is 5.96 Å². The summed E-state index contributed by atoms with van der Waals surface area (Å²) in [5.41, 5.74) is 0.381. The molecule has 1 unspecified atom stereocenters. The highest BCUT2D eigenvalue weighted by Gasteiger charge is 2.27. The number of aliphatic carboxylic acids is 1. The predicted octanol–water partition coefficient (Wildman–Crippen LogP) is 1.92. The van der Waals surface area contributed by atoms with Crippen molar-refractivity contribution in [2.24, 2.45) is 4.99 Å². The van der Waals surface area contributed by atoms with Gasteiger partial charge in [-0.25, -0.2) is 12.8 Å². The first kappa shape index (κ1) is 30.8. The van der Waals surface area contributed by atoms with Gasteiger partial charge in [-0.3, -0.25) is 14.6 Å². The van der Waals surface area contributed by atoms with Crippen molar-refractivity contribution in [1.82, 2.24) is 20.7 Å².